The summed E-state index contributed by atoms with van der Waals surface area (Å²) in [4.78, 5) is 11.0. The molecule has 5 nitrogen and oxygen atoms in total. The molecule has 1 N–H and O–H groups in total. The Kier molecular flexibility index (Phi) is 4.15. The minimum Gasteiger partial charge on any atom is -0.478 e. The van der Waals surface area contributed by atoms with Crippen LogP contribution in [0.15, 0.2) is 29.2 Å². The third-order valence-electron chi connectivity index (χ3n) is 3.79. The predicted molar refractivity (Wildman–Crippen MR) is 75.2 cm³/mol. The number of sulfonamides is 1. The number of nitrogens with zero attached hydrogens (tertiary/aromatic N) is 1. The molecule has 0 saturated carbocycles. The molecule has 1 fully saturated rings. The fourth-order valence-electron chi connectivity index (χ4n) is 2.76. The zero-order chi connectivity index (χ0) is 14.9. The van der Waals surface area contributed by atoms with Gasteiger partial charge in [-0.1, -0.05) is 6.42 Å². The van der Waals surface area contributed by atoms with E-state index >= 15 is 0 Å². The number of benzene rings is 1. The fraction of sp³-hybridized carbons (Fsp3) is 0.500. The van der Waals surface area contributed by atoms with Crippen molar-refractivity contribution in [3.63, 3.8) is 0 Å². The highest BCUT2D eigenvalue weighted by molar-refractivity contribution is 7.89. The van der Waals surface area contributed by atoms with Crippen LogP contribution < -0.4 is 0 Å². The Morgan fingerprint density at radius 2 is 1.65 bits per heavy atom. The van der Waals surface area contributed by atoms with Gasteiger partial charge >= 0.3 is 5.97 Å². The average Bonchev–Trinajstić information content (AvgIpc) is 2.38. The minimum absolute atomic E-state index is 0.0251. The van der Waals surface area contributed by atoms with Gasteiger partial charge in [0.1, 0.15) is 0 Å². The Hall–Kier alpha value is -1.40. The van der Waals surface area contributed by atoms with Crippen molar-refractivity contribution in [2.75, 3.05) is 0 Å². The van der Waals surface area contributed by atoms with Gasteiger partial charge in [0, 0.05) is 12.1 Å². The molecule has 0 aromatic heterocycles. The Morgan fingerprint density at radius 1 is 1.15 bits per heavy atom. The van der Waals surface area contributed by atoms with Crippen molar-refractivity contribution in [2.45, 2.75) is 50.1 Å². The van der Waals surface area contributed by atoms with E-state index in [2.05, 4.69) is 0 Å². The van der Waals surface area contributed by atoms with Gasteiger partial charge in [-0.25, -0.2) is 13.2 Å². The van der Waals surface area contributed by atoms with Gasteiger partial charge in [0.2, 0.25) is 10.0 Å². The van der Waals surface area contributed by atoms with E-state index in [1.54, 1.807) is 4.31 Å². The van der Waals surface area contributed by atoms with E-state index in [1.165, 1.54) is 24.3 Å². The lowest BCUT2D eigenvalue weighted by Gasteiger charge is -2.37. The highest BCUT2D eigenvalue weighted by atomic mass is 32.2. The normalized spacial score (nSPS) is 24.5. The molecule has 2 rings (SSSR count). The van der Waals surface area contributed by atoms with Gasteiger partial charge in [-0.2, -0.15) is 4.31 Å². The summed E-state index contributed by atoms with van der Waals surface area (Å²) in [6, 6.07) is 5.34. The fourth-order valence-corrected chi connectivity index (χ4v) is 4.64. The number of carbonyl (C=O) groups is 1. The third-order valence-corrected chi connectivity index (χ3v) is 5.93. The molecule has 1 aromatic carbocycles. The molecule has 0 aliphatic carbocycles. The highest BCUT2D eigenvalue weighted by Gasteiger charge is 2.35. The second-order valence-electron chi connectivity index (χ2n) is 5.29. The lowest BCUT2D eigenvalue weighted by atomic mass is 10.0. The summed E-state index contributed by atoms with van der Waals surface area (Å²) in [6.07, 6.45) is 2.75. The van der Waals surface area contributed by atoms with Crippen molar-refractivity contribution in [1.82, 2.24) is 4.31 Å². The maximum absolute atomic E-state index is 12.7. The van der Waals surface area contributed by atoms with Gasteiger partial charge in [0.05, 0.1) is 10.5 Å². The maximum Gasteiger partial charge on any atom is 0.335 e. The van der Waals surface area contributed by atoms with Crippen molar-refractivity contribution in [3.8, 4) is 0 Å². The molecule has 1 saturated heterocycles. The van der Waals surface area contributed by atoms with E-state index in [4.69, 9.17) is 5.11 Å². The summed E-state index contributed by atoms with van der Waals surface area (Å²) in [6.45, 7) is 3.83. The van der Waals surface area contributed by atoms with E-state index in [-0.39, 0.29) is 22.5 Å². The Morgan fingerprint density at radius 3 is 2.10 bits per heavy atom. The van der Waals surface area contributed by atoms with E-state index < -0.39 is 16.0 Å². The molecular weight excluding hydrogens is 278 g/mol. The number of carboxylic acids is 1. The minimum atomic E-state index is -3.56. The summed E-state index contributed by atoms with van der Waals surface area (Å²) >= 11 is 0. The molecule has 110 valence electrons. The van der Waals surface area contributed by atoms with Crippen LogP contribution in [0.2, 0.25) is 0 Å². The second-order valence-corrected chi connectivity index (χ2v) is 7.14. The smallest absolute Gasteiger partial charge is 0.335 e. The van der Waals surface area contributed by atoms with Crippen molar-refractivity contribution < 1.29 is 18.3 Å². The molecule has 0 amide bonds. The highest BCUT2D eigenvalue weighted by Crippen LogP contribution is 2.29. The van der Waals surface area contributed by atoms with E-state index in [0.29, 0.717) is 0 Å². The monoisotopic (exact) mass is 297 g/mol. The van der Waals surface area contributed by atoms with Crippen LogP contribution in [0.5, 0.6) is 0 Å². The lowest BCUT2D eigenvalue weighted by molar-refractivity contribution is 0.0696. The van der Waals surface area contributed by atoms with Gasteiger partial charge < -0.3 is 5.11 Å². The Bertz CT molecular complexity index is 584. The number of rotatable bonds is 3. The third kappa shape index (κ3) is 2.71. The number of hydrogen-bond donors (Lipinski definition) is 1. The quantitative estimate of drug-likeness (QED) is 0.929. The molecule has 0 radical (unpaired) electrons. The van der Waals surface area contributed by atoms with E-state index in [0.717, 1.165) is 19.3 Å². The largest absolute Gasteiger partial charge is 0.478 e. The summed E-state index contributed by atoms with van der Waals surface area (Å²) < 4.78 is 26.9. The summed E-state index contributed by atoms with van der Waals surface area (Å²) in [7, 11) is -3.56. The molecular formula is C14H19NO4S. The van der Waals surface area contributed by atoms with Crippen molar-refractivity contribution >= 4 is 16.0 Å². The van der Waals surface area contributed by atoms with Crippen LogP contribution in [-0.2, 0) is 10.0 Å². The molecule has 0 bridgehead atoms. The predicted octanol–water partition coefficient (Wildman–Crippen LogP) is 2.34. The van der Waals surface area contributed by atoms with Gasteiger partial charge in [-0.05, 0) is 51.0 Å². The number of hydrogen-bond acceptors (Lipinski definition) is 3. The van der Waals surface area contributed by atoms with Crippen LogP contribution in [-0.4, -0.2) is 35.9 Å². The number of piperidine rings is 1. The van der Waals surface area contributed by atoms with Crippen LogP contribution in [0.25, 0.3) is 0 Å². The maximum atomic E-state index is 12.7. The van der Waals surface area contributed by atoms with Gasteiger partial charge in [0.25, 0.3) is 0 Å². The molecule has 1 heterocycles. The summed E-state index contributed by atoms with van der Waals surface area (Å²) in [5.41, 5.74) is 0.0868. The zero-order valence-electron chi connectivity index (χ0n) is 11.6. The molecule has 1 aromatic rings. The first-order valence-electron chi connectivity index (χ1n) is 6.71. The first kappa shape index (κ1) is 15.0. The second kappa shape index (κ2) is 5.54. The number of aromatic carboxylic acids is 1. The van der Waals surface area contributed by atoms with Crippen molar-refractivity contribution in [3.05, 3.63) is 29.8 Å². The molecule has 2 atom stereocenters. The molecule has 0 unspecified atom stereocenters. The SMILES string of the molecule is C[C@@H]1CCC[C@H](C)N1S(=O)(=O)c1ccc(C(=O)O)cc1. The average molecular weight is 297 g/mol. The number of carboxylic acid groups (broad SMARTS) is 1. The molecule has 1 aliphatic rings. The van der Waals surface area contributed by atoms with Crippen LogP contribution in [0.1, 0.15) is 43.5 Å². The van der Waals surface area contributed by atoms with Crippen LogP contribution >= 0.6 is 0 Å². The lowest BCUT2D eigenvalue weighted by Crippen LogP contribution is -2.47. The molecule has 0 spiro atoms. The van der Waals surface area contributed by atoms with Gasteiger partial charge in [-0.3, -0.25) is 0 Å². The van der Waals surface area contributed by atoms with Crippen LogP contribution in [0.3, 0.4) is 0 Å². The van der Waals surface area contributed by atoms with Crippen molar-refractivity contribution in [2.24, 2.45) is 0 Å². The van der Waals surface area contributed by atoms with Crippen molar-refractivity contribution in [1.29, 1.82) is 0 Å². The summed E-state index contributed by atoms with van der Waals surface area (Å²) in [5, 5.41) is 8.85. The van der Waals surface area contributed by atoms with Gasteiger partial charge in [-0.15, -0.1) is 0 Å². The Balaban J connectivity index is 2.36. The Labute approximate surface area is 119 Å². The first-order chi connectivity index (χ1) is 9.34. The summed E-state index contributed by atoms with van der Waals surface area (Å²) in [5.74, 6) is -1.06. The molecule has 6 heteroatoms. The zero-order valence-corrected chi connectivity index (χ0v) is 12.4. The van der Waals surface area contributed by atoms with Crippen LogP contribution in [0.4, 0.5) is 0 Å². The topological polar surface area (TPSA) is 74.7 Å². The van der Waals surface area contributed by atoms with E-state index in [9.17, 15) is 13.2 Å². The van der Waals surface area contributed by atoms with Gasteiger partial charge in [0.15, 0.2) is 0 Å². The first-order valence-corrected chi connectivity index (χ1v) is 8.15. The standard InChI is InChI=1S/C14H19NO4S/c1-10-4-3-5-11(2)15(10)20(18,19)13-8-6-12(7-9-13)14(16)17/h6-11H,3-5H2,1-2H3,(H,16,17)/t10-,11+. The molecule has 1 aliphatic heterocycles. The van der Waals surface area contributed by atoms with E-state index in [1.807, 2.05) is 13.8 Å². The molecule has 20 heavy (non-hydrogen) atoms. The van der Waals surface area contributed by atoms with Crippen LogP contribution in [0, 0.1) is 0 Å².